The third-order valence-corrected chi connectivity index (χ3v) is 4.56. The van der Waals surface area contributed by atoms with Gasteiger partial charge in [0.2, 0.25) is 0 Å². The molecule has 0 bridgehead atoms. The standard InChI is InChI=1S/C16H24N2/c17-15-12-16(14-9-5-4-8-13(14)15)18-10-6-2-1-3-7-11-18/h4-5,8-9,15-16H,1-3,6-7,10-12,17H2. The third-order valence-electron chi connectivity index (χ3n) is 4.56. The molecular weight excluding hydrogens is 220 g/mol. The number of nitrogens with zero attached hydrogens (tertiary/aromatic N) is 1. The predicted octanol–water partition coefficient (Wildman–Crippen LogP) is 3.40. The summed E-state index contributed by atoms with van der Waals surface area (Å²) >= 11 is 0. The number of fused-ring (bicyclic) bond motifs is 1. The average molecular weight is 244 g/mol. The number of rotatable bonds is 1. The molecule has 2 unspecified atom stereocenters. The Labute approximate surface area is 110 Å². The molecule has 0 saturated carbocycles. The van der Waals surface area contributed by atoms with Gasteiger partial charge in [-0.2, -0.15) is 0 Å². The molecule has 1 fully saturated rings. The van der Waals surface area contributed by atoms with E-state index in [2.05, 4.69) is 29.2 Å². The lowest BCUT2D eigenvalue weighted by Gasteiger charge is -2.31. The minimum absolute atomic E-state index is 0.247. The van der Waals surface area contributed by atoms with Crippen LogP contribution in [0.3, 0.4) is 0 Å². The first-order valence-electron chi connectivity index (χ1n) is 7.45. The summed E-state index contributed by atoms with van der Waals surface area (Å²) in [5.74, 6) is 0. The fourth-order valence-electron chi connectivity index (χ4n) is 3.58. The van der Waals surface area contributed by atoms with E-state index in [9.17, 15) is 0 Å². The van der Waals surface area contributed by atoms with Gasteiger partial charge < -0.3 is 5.73 Å². The first-order chi connectivity index (χ1) is 8.86. The van der Waals surface area contributed by atoms with E-state index in [1.807, 2.05) is 0 Å². The van der Waals surface area contributed by atoms with Gasteiger partial charge in [-0.25, -0.2) is 0 Å². The van der Waals surface area contributed by atoms with Crippen LogP contribution in [0.25, 0.3) is 0 Å². The van der Waals surface area contributed by atoms with Gasteiger partial charge in [0.1, 0.15) is 0 Å². The fraction of sp³-hybridized carbons (Fsp3) is 0.625. The van der Waals surface area contributed by atoms with Crippen LogP contribution >= 0.6 is 0 Å². The highest BCUT2D eigenvalue weighted by atomic mass is 15.2. The maximum atomic E-state index is 6.29. The van der Waals surface area contributed by atoms with E-state index >= 15 is 0 Å². The number of likely N-dealkylation sites (tertiary alicyclic amines) is 1. The average Bonchev–Trinajstić information content (AvgIpc) is 2.67. The zero-order valence-corrected chi connectivity index (χ0v) is 11.1. The van der Waals surface area contributed by atoms with Crippen molar-refractivity contribution in [1.82, 2.24) is 4.90 Å². The molecule has 2 nitrogen and oxygen atoms in total. The second kappa shape index (κ2) is 5.41. The molecule has 2 heteroatoms. The maximum Gasteiger partial charge on any atom is 0.0369 e. The first-order valence-corrected chi connectivity index (χ1v) is 7.45. The fourth-order valence-corrected chi connectivity index (χ4v) is 3.58. The van der Waals surface area contributed by atoms with Crippen LogP contribution in [0.4, 0.5) is 0 Å². The Kier molecular flexibility index (Phi) is 3.67. The van der Waals surface area contributed by atoms with Gasteiger partial charge >= 0.3 is 0 Å². The maximum absolute atomic E-state index is 6.29. The topological polar surface area (TPSA) is 29.3 Å². The van der Waals surface area contributed by atoms with Gasteiger partial charge in [-0.05, 0) is 43.5 Å². The Morgan fingerprint density at radius 1 is 0.889 bits per heavy atom. The van der Waals surface area contributed by atoms with E-state index in [1.54, 1.807) is 0 Å². The second-order valence-corrected chi connectivity index (χ2v) is 5.79. The summed E-state index contributed by atoms with van der Waals surface area (Å²) in [4.78, 5) is 2.69. The molecule has 2 N–H and O–H groups in total. The summed E-state index contributed by atoms with van der Waals surface area (Å²) in [7, 11) is 0. The number of hydrogen-bond donors (Lipinski definition) is 1. The Morgan fingerprint density at radius 2 is 1.50 bits per heavy atom. The van der Waals surface area contributed by atoms with Crippen LogP contribution in [0.2, 0.25) is 0 Å². The van der Waals surface area contributed by atoms with Crippen molar-refractivity contribution in [3.63, 3.8) is 0 Å². The van der Waals surface area contributed by atoms with Crippen molar-refractivity contribution in [2.75, 3.05) is 13.1 Å². The summed E-state index contributed by atoms with van der Waals surface area (Å²) < 4.78 is 0. The number of nitrogens with two attached hydrogens (primary N) is 1. The van der Waals surface area contributed by atoms with Crippen LogP contribution in [0.15, 0.2) is 24.3 Å². The van der Waals surface area contributed by atoms with Crippen molar-refractivity contribution in [1.29, 1.82) is 0 Å². The molecule has 3 rings (SSSR count). The van der Waals surface area contributed by atoms with Crippen LogP contribution in [0.1, 0.15) is 61.7 Å². The SMILES string of the molecule is NC1CC(N2CCCCCCC2)c2ccccc21. The lowest BCUT2D eigenvalue weighted by molar-refractivity contribution is 0.175. The molecule has 1 heterocycles. The largest absolute Gasteiger partial charge is 0.324 e. The summed E-state index contributed by atoms with van der Waals surface area (Å²) in [5.41, 5.74) is 9.16. The van der Waals surface area contributed by atoms with Gasteiger partial charge in [0, 0.05) is 12.1 Å². The first kappa shape index (κ1) is 12.2. The van der Waals surface area contributed by atoms with Crippen molar-refractivity contribution in [3.8, 4) is 0 Å². The molecule has 98 valence electrons. The van der Waals surface area contributed by atoms with E-state index < -0.39 is 0 Å². The minimum atomic E-state index is 0.247. The monoisotopic (exact) mass is 244 g/mol. The zero-order chi connectivity index (χ0) is 12.4. The molecule has 0 amide bonds. The Balaban J connectivity index is 1.80. The van der Waals surface area contributed by atoms with Gasteiger partial charge in [0.25, 0.3) is 0 Å². The quantitative estimate of drug-likeness (QED) is 0.820. The van der Waals surface area contributed by atoms with Gasteiger partial charge in [0.15, 0.2) is 0 Å². The van der Waals surface area contributed by atoms with E-state index in [1.165, 1.54) is 56.3 Å². The highest BCUT2D eigenvalue weighted by Gasteiger charge is 2.32. The lowest BCUT2D eigenvalue weighted by atomic mass is 10.0. The molecule has 1 aliphatic carbocycles. The third kappa shape index (κ3) is 2.32. The van der Waals surface area contributed by atoms with Crippen LogP contribution in [-0.4, -0.2) is 18.0 Å². The molecule has 0 radical (unpaired) electrons. The zero-order valence-electron chi connectivity index (χ0n) is 11.1. The Hall–Kier alpha value is -0.860. The van der Waals surface area contributed by atoms with Crippen molar-refractivity contribution < 1.29 is 0 Å². The van der Waals surface area contributed by atoms with E-state index in [0.717, 1.165) is 6.42 Å². The number of benzene rings is 1. The normalized spacial score (nSPS) is 29.6. The van der Waals surface area contributed by atoms with Crippen molar-refractivity contribution >= 4 is 0 Å². The van der Waals surface area contributed by atoms with Crippen LogP contribution in [0.5, 0.6) is 0 Å². The molecule has 2 aliphatic rings. The molecule has 1 saturated heterocycles. The molecule has 18 heavy (non-hydrogen) atoms. The summed E-state index contributed by atoms with van der Waals surface area (Å²) in [6.45, 7) is 2.51. The van der Waals surface area contributed by atoms with Crippen molar-refractivity contribution in [3.05, 3.63) is 35.4 Å². The highest BCUT2D eigenvalue weighted by molar-refractivity contribution is 5.37. The minimum Gasteiger partial charge on any atom is -0.324 e. The molecule has 1 aromatic carbocycles. The van der Waals surface area contributed by atoms with E-state index in [0.29, 0.717) is 6.04 Å². The molecule has 0 aromatic heterocycles. The van der Waals surface area contributed by atoms with Crippen LogP contribution < -0.4 is 5.73 Å². The molecular formula is C16H24N2. The van der Waals surface area contributed by atoms with Gasteiger partial charge in [-0.15, -0.1) is 0 Å². The van der Waals surface area contributed by atoms with Gasteiger partial charge in [0.05, 0.1) is 0 Å². The van der Waals surface area contributed by atoms with Crippen LogP contribution in [-0.2, 0) is 0 Å². The van der Waals surface area contributed by atoms with Crippen LogP contribution in [0, 0.1) is 0 Å². The smallest absolute Gasteiger partial charge is 0.0369 e. The van der Waals surface area contributed by atoms with Crippen molar-refractivity contribution in [2.45, 2.75) is 50.6 Å². The molecule has 1 aliphatic heterocycles. The van der Waals surface area contributed by atoms with Gasteiger partial charge in [-0.3, -0.25) is 4.90 Å². The summed E-state index contributed by atoms with van der Waals surface area (Å²) in [6.07, 6.45) is 8.05. The van der Waals surface area contributed by atoms with E-state index in [4.69, 9.17) is 5.73 Å². The highest BCUT2D eigenvalue weighted by Crippen LogP contribution is 2.41. The molecule has 2 atom stereocenters. The van der Waals surface area contributed by atoms with Gasteiger partial charge in [-0.1, -0.05) is 43.5 Å². The van der Waals surface area contributed by atoms with E-state index in [-0.39, 0.29) is 6.04 Å². The Morgan fingerprint density at radius 3 is 2.22 bits per heavy atom. The second-order valence-electron chi connectivity index (χ2n) is 5.79. The molecule has 1 aromatic rings. The number of hydrogen-bond acceptors (Lipinski definition) is 2. The molecule has 0 spiro atoms. The summed E-state index contributed by atoms with van der Waals surface area (Å²) in [6, 6.07) is 9.60. The lowest BCUT2D eigenvalue weighted by Crippen LogP contribution is -2.31. The summed E-state index contributed by atoms with van der Waals surface area (Å²) in [5, 5.41) is 0. The Bertz CT molecular complexity index is 394. The predicted molar refractivity (Wildman–Crippen MR) is 75.4 cm³/mol. The van der Waals surface area contributed by atoms with Crippen molar-refractivity contribution in [2.24, 2.45) is 5.73 Å².